The molecular formula is C9H7IN2OS. The molecule has 1 aromatic carbocycles. The molecular weight excluding hydrogens is 311 g/mol. The van der Waals surface area contributed by atoms with Gasteiger partial charge in [-0.15, -0.1) is 0 Å². The highest BCUT2D eigenvalue weighted by Crippen LogP contribution is 2.15. The predicted molar refractivity (Wildman–Crippen MR) is 66.7 cm³/mol. The summed E-state index contributed by atoms with van der Waals surface area (Å²) in [6.45, 7) is 0. The van der Waals surface area contributed by atoms with Crippen LogP contribution in [0.4, 0.5) is 4.79 Å². The molecule has 0 bridgehead atoms. The quantitative estimate of drug-likeness (QED) is 0.808. The molecule has 0 radical (unpaired) electrons. The average Bonchev–Trinajstić information content (AvgIpc) is 2.19. The first-order valence-corrected chi connectivity index (χ1v) is 6.07. The number of rotatable bonds is 1. The van der Waals surface area contributed by atoms with Gasteiger partial charge < -0.3 is 0 Å². The van der Waals surface area contributed by atoms with Crippen LogP contribution < -0.4 is 5.43 Å². The Bertz CT molecular complexity index is 406. The molecule has 0 atom stereocenters. The highest BCUT2D eigenvalue weighted by molar-refractivity contribution is 14.1. The van der Waals surface area contributed by atoms with E-state index in [0.29, 0.717) is 5.75 Å². The van der Waals surface area contributed by atoms with Crippen LogP contribution in [0.3, 0.4) is 0 Å². The zero-order chi connectivity index (χ0) is 9.97. The summed E-state index contributed by atoms with van der Waals surface area (Å²) in [7, 11) is 0. The van der Waals surface area contributed by atoms with E-state index in [1.54, 1.807) is 0 Å². The summed E-state index contributed by atoms with van der Waals surface area (Å²) in [4.78, 5) is 10.9. The van der Waals surface area contributed by atoms with Crippen LogP contribution in [0.1, 0.15) is 5.56 Å². The average molecular weight is 318 g/mol. The molecule has 14 heavy (non-hydrogen) atoms. The number of hydrazone groups is 1. The number of hydrogen-bond acceptors (Lipinski definition) is 3. The molecule has 1 amide bonds. The molecule has 3 nitrogen and oxygen atoms in total. The van der Waals surface area contributed by atoms with E-state index in [1.807, 2.05) is 18.2 Å². The fraction of sp³-hybridized carbons (Fsp3) is 0.111. The third-order valence-electron chi connectivity index (χ3n) is 1.78. The highest BCUT2D eigenvalue weighted by atomic mass is 127. The minimum Gasteiger partial charge on any atom is -0.260 e. The Morgan fingerprint density at radius 2 is 2.36 bits per heavy atom. The van der Waals surface area contributed by atoms with Crippen molar-refractivity contribution in [3.8, 4) is 0 Å². The van der Waals surface area contributed by atoms with Crippen molar-refractivity contribution in [1.29, 1.82) is 0 Å². The Balaban J connectivity index is 2.27. The zero-order valence-electron chi connectivity index (χ0n) is 7.16. The molecule has 0 fully saturated rings. The summed E-state index contributed by atoms with van der Waals surface area (Å²) in [6, 6.07) is 8.07. The van der Waals surface area contributed by atoms with Crippen LogP contribution in [-0.2, 0) is 0 Å². The molecule has 0 saturated carbocycles. The lowest BCUT2D eigenvalue weighted by Crippen LogP contribution is -2.23. The van der Waals surface area contributed by atoms with Gasteiger partial charge in [-0.3, -0.25) is 4.79 Å². The highest BCUT2D eigenvalue weighted by Gasteiger charge is 2.13. The second kappa shape index (κ2) is 4.31. The lowest BCUT2D eigenvalue weighted by atomic mass is 10.1. The summed E-state index contributed by atoms with van der Waals surface area (Å²) < 4.78 is 1.17. The monoisotopic (exact) mass is 318 g/mol. The molecule has 1 aliphatic rings. The van der Waals surface area contributed by atoms with Crippen LogP contribution in [0, 0.1) is 3.57 Å². The van der Waals surface area contributed by atoms with E-state index in [2.05, 4.69) is 39.2 Å². The molecule has 5 heteroatoms. The molecule has 0 unspecified atom stereocenters. The summed E-state index contributed by atoms with van der Waals surface area (Å²) in [6.07, 6.45) is 0. The molecule has 1 aromatic rings. The number of carbonyl (C=O) groups excluding carboxylic acids is 1. The molecule has 72 valence electrons. The van der Waals surface area contributed by atoms with E-state index in [-0.39, 0.29) is 5.24 Å². The van der Waals surface area contributed by atoms with Gasteiger partial charge in [0.2, 0.25) is 0 Å². The number of carbonyl (C=O) groups is 1. The summed E-state index contributed by atoms with van der Waals surface area (Å²) in [5, 5.41) is 3.93. The third-order valence-corrected chi connectivity index (χ3v) is 3.22. The van der Waals surface area contributed by atoms with Crippen molar-refractivity contribution in [3.63, 3.8) is 0 Å². The SMILES string of the molecule is O=C1NN=C(c2cccc(I)c2)CS1. The first-order chi connectivity index (χ1) is 6.75. The predicted octanol–water partition coefficient (Wildman–Crippen LogP) is 2.45. The van der Waals surface area contributed by atoms with Gasteiger partial charge in [0.1, 0.15) is 0 Å². The van der Waals surface area contributed by atoms with Crippen molar-refractivity contribution in [2.45, 2.75) is 0 Å². The van der Waals surface area contributed by atoms with E-state index in [9.17, 15) is 4.79 Å². The number of hydrogen-bond donors (Lipinski definition) is 1. The van der Waals surface area contributed by atoms with Crippen molar-refractivity contribution < 1.29 is 4.79 Å². The fourth-order valence-corrected chi connectivity index (χ4v) is 2.28. The van der Waals surface area contributed by atoms with Crippen LogP contribution in [0.5, 0.6) is 0 Å². The molecule has 0 saturated heterocycles. The summed E-state index contributed by atoms with van der Waals surface area (Å²) in [5.74, 6) is 0.645. The second-order valence-corrected chi connectivity index (χ2v) is 4.95. The summed E-state index contributed by atoms with van der Waals surface area (Å²) in [5.41, 5.74) is 4.46. The molecule has 0 aromatic heterocycles. The van der Waals surface area contributed by atoms with Crippen LogP contribution in [-0.4, -0.2) is 16.7 Å². The van der Waals surface area contributed by atoms with Crippen molar-refractivity contribution in [3.05, 3.63) is 33.4 Å². The second-order valence-electron chi connectivity index (χ2n) is 2.76. The normalized spacial score (nSPS) is 16.1. The van der Waals surface area contributed by atoms with Crippen molar-refractivity contribution in [1.82, 2.24) is 5.43 Å². The van der Waals surface area contributed by atoms with E-state index in [1.165, 1.54) is 15.3 Å². The van der Waals surface area contributed by atoms with E-state index in [0.717, 1.165) is 11.3 Å². The Hall–Kier alpha value is -0.560. The van der Waals surface area contributed by atoms with Crippen molar-refractivity contribution in [2.24, 2.45) is 5.10 Å². The minimum atomic E-state index is -0.0839. The Morgan fingerprint density at radius 3 is 3.00 bits per heavy atom. The van der Waals surface area contributed by atoms with Gasteiger partial charge in [-0.2, -0.15) is 5.10 Å². The van der Waals surface area contributed by atoms with Gasteiger partial charge >= 0.3 is 0 Å². The fourth-order valence-electron chi connectivity index (χ4n) is 1.13. The van der Waals surface area contributed by atoms with E-state index in [4.69, 9.17) is 0 Å². The van der Waals surface area contributed by atoms with Crippen molar-refractivity contribution >= 4 is 45.3 Å². The van der Waals surface area contributed by atoms with Gasteiger partial charge in [0.05, 0.1) is 5.71 Å². The maximum absolute atomic E-state index is 10.9. The van der Waals surface area contributed by atoms with Gasteiger partial charge in [0, 0.05) is 9.32 Å². The Kier molecular flexibility index (Phi) is 3.07. The molecule has 0 aliphatic carbocycles. The first-order valence-electron chi connectivity index (χ1n) is 4.01. The minimum absolute atomic E-state index is 0.0839. The van der Waals surface area contributed by atoms with Crippen LogP contribution >= 0.6 is 34.4 Å². The number of amides is 1. The lowest BCUT2D eigenvalue weighted by molar-refractivity contribution is 0.261. The smallest absolute Gasteiger partial charge is 0.260 e. The molecule has 1 N–H and O–H groups in total. The maximum Gasteiger partial charge on any atom is 0.299 e. The third kappa shape index (κ3) is 2.27. The standard InChI is InChI=1S/C9H7IN2OS/c10-7-3-1-2-6(4-7)8-5-14-9(13)12-11-8/h1-4H,5H2,(H,12,13). The van der Waals surface area contributed by atoms with Gasteiger partial charge in [-0.1, -0.05) is 23.9 Å². The van der Waals surface area contributed by atoms with Crippen LogP contribution in [0.25, 0.3) is 0 Å². The maximum atomic E-state index is 10.9. The van der Waals surface area contributed by atoms with Gasteiger partial charge in [-0.05, 0) is 40.3 Å². The number of benzene rings is 1. The van der Waals surface area contributed by atoms with Gasteiger partial charge in [-0.25, -0.2) is 5.43 Å². The molecule has 2 rings (SSSR count). The van der Waals surface area contributed by atoms with Crippen LogP contribution in [0.15, 0.2) is 29.4 Å². The number of nitrogens with zero attached hydrogens (tertiary/aromatic N) is 1. The largest absolute Gasteiger partial charge is 0.299 e. The molecule has 0 spiro atoms. The van der Waals surface area contributed by atoms with E-state index >= 15 is 0 Å². The van der Waals surface area contributed by atoms with Gasteiger partial charge in [0.15, 0.2) is 0 Å². The molecule has 1 aliphatic heterocycles. The lowest BCUT2D eigenvalue weighted by Gasteiger charge is -2.11. The van der Waals surface area contributed by atoms with E-state index < -0.39 is 0 Å². The number of nitrogens with one attached hydrogen (secondary N) is 1. The van der Waals surface area contributed by atoms with Crippen LogP contribution in [0.2, 0.25) is 0 Å². The Morgan fingerprint density at radius 1 is 1.50 bits per heavy atom. The topological polar surface area (TPSA) is 41.5 Å². The Labute approximate surface area is 99.5 Å². The summed E-state index contributed by atoms with van der Waals surface area (Å²) >= 11 is 3.50. The number of thioether (sulfide) groups is 1. The van der Waals surface area contributed by atoms with Gasteiger partial charge in [0.25, 0.3) is 5.24 Å². The first kappa shape index (κ1) is 9.97. The molecule has 1 heterocycles. The zero-order valence-corrected chi connectivity index (χ0v) is 10.1. The van der Waals surface area contributed by atoms with Crippen molar-refractivity contribution in [2.75, 3.05) is 5.75 Å². The number of halogens is 1.